The molecule has 1 aliphatic heterocycles. The van der Waals surface area contributed by atoms with Gasteiger partial charge in [-0.05, 0) is 68.1 Å². The van der Waals surface area contributed by atoms with Gasteiger partial charge in [0.05, 0.1) is 6.04 Å². The van der Waals surface area contributed by atoms with Crippen LogP contribution in [0.2, 0.25) is 0 Å². The van der Waals surface area contributed by atoms with Crippen LogP contribution in [0.5, 0.6) is 0 Å². The summed E-state index contributed by atoms with van der Waals surface area (Å²) in [6, 6.07) is 18.5. The number of para-hydroxylation sites is 1. The normalized spacial score (nSPS) is 16.2. The second-order valence-corrected chi connectivity index (χ2v) is 7.94. The molecule has 1 amide bonds. The lowest BCUT2D eigenvalue weighted by Gasteiger charge is -2.26. The first-order valence-electron chi connectivity index (χ1n) is 10.3. The van der Waals surface area contributed by atoms with Crippen molar-refractivity contribution in [3.8, 4) is 0 Å². The minimum Gasteiger partial charge on any atom is -0.357 e. The second kappa shape index (κ2) is 8.19. The Labute approximate surface area is 167 Å². The van der Waals surface area contributed by atoms with Gasteiger partial charge >= 0.3 is 0 Å². The zero-order chi connectivity index (χ0) is 19.5. The maximum absolute atomic E-state index is 13.0. The van der Waals surface area contributed by atoms with Crippen molar-refractivity contribution in [2.75, 3.05) is 20.1 Å². The van der Waals surface area contributed by atoms with Crippen LogP contribution < -0.4 is 0 Å². The van der Waals surface area contributed by atoms with Crippen LogP contribution in [-0.2, 0) is 6.54 Å². The molecule has 1 atom stereocenters. The van der Waals surface area contributed by atoms with E-state index in [1.807, 2.05) is 36.2 Å². The van der Waals surface area contributed by atoms with Gasteiger partial charge in [-0.2, -0.15) is 0 Å². The monoisotopic (exact) mass is 375 g/mol. The number of hydrogen-bond acceptors (Lipinski definition) is 2. The van der Waals surface area contributed by atoms with Crippen molar-refractivity contribution < 1.29 is 4.79 Å². The van der Waals surface area contributed by atoms with Gasteiger partial charge in [-0.1, -0.05) is 36.8 Å². The summed E-state index contributed by atoms with van der Waals surface area (Å²) in [7, 11) is 1.88. The Morgan fingerprint density at radius 3 is 2.50 bits per heavy atom. The highest BCUT2D eigenvalue weighted by Gasteiger charge is 2.20. The number of piperidine rings is 1. The van der Waals surface area contributed by atoms with Crippen molar-refractivity contribution in [1.82, 2.24) is 14.8 Å². The van der Waals surface area contributed by atoms with Gasteiger partial charge in [0.2, 0.25) is 0 Å². The van der Waals surface area contributed by atoms with E-state index in [0.717, 1.165) is 23.3 Å². The van der Waals surface area contributed by atoms with E-state index in [0.29, 0.717) is 0 Å². The lowest BCUT2D eigenvalue weighted by molar-refractivity contribution is 0.0740. The number of aromatic amines is 1. The SMILES string of the molecule is C[C@@H](c1cc2ccccc2[nH]1)N(C)C(=O)c1ccc(CN2CCCCC2)cc1. The first-order valence-corrected chi connectivity index (χ1v) is 10.3. The Kier molecular flexibility index (Phi) is 5.49. The van der Waals surface area contributed by atoms with E-state index in [9.17, 15) is 4.79 Å². The summed E-state index contributed by atoms with van der Waals surface area (Å²) in [4.78, 5) is 20.7. The molecule has 0 bridgehead atoms. The van der Waals surface area contributed by atoms with E-state index in [-0.39, 0.29) is 11.9 Å². The number of nitrogens with one attached hydrogen (secondary N) is 1. The smallest absolute Gasteiger partial charge is 0.254 e. The zero-order valence-electron chi connectivity index (χ0n) is 16.8. The number of nitrogens with zero attached hydrogens (tertiary/aromatic N) is 2. The molecule has 1 N–H and O–H groups in total. The minimum atomic E-state index is -0.0204. The van der Waals surface area contributed by atoms with Gasteiger partial charge in [-0.15, -0.1) is 0 Å². The average Bonchev–Trinajstić information content (AvgIpc) is 3.18. The number of likely N-dealkylation sites (tertiary alicyclic amines) is 1. The topological polar surface area (TPSA) is 39.3 Å². The molecule has 146 valence electrons. The van der Waals surface area contributed by atoms with E-state index in [2.05, 4.69) is 47.1 Å². The number of amides is 1. The van der Waals surface area contributed by atoms with E-state index >= 15 is 0 Å². The standard InChI is InChI=1S/C24H29N3O/c1-18(23-16-21-8-4-5-9-22(21)25-23)26(2)24(28)20-12-10-19(11-13-20)17-27-14-6-3-7-15-27/h4-5,8-13,16,18,25H,3,6-7,14-15,17H2,1-2H3/t18-/m0/s1. The van der Waals surface area contributed by atoms with Gasteiger partial charge in [0, 0.05) is 30.4 Å². The third-order valence-electron chi connectivity index (χ3n) is 5.96. The molecule has 4 nitrogen and oxygen atoms in total. The summed E-state index contributed by atoms with van der Waals surface area (Å²) >= 11 is 0. The van der Waals surface area contributed by atoms with E-state index in [4.69, 9.17) is 0 Å². The molecular formula is C24H29N3O. The van der Waals surface area contributed by atoms with Crippen molar-refractivity contribution in [3.05, 3.63) is 71.4 Å². The Morgan fingerprint density at radius 2 is 1.79 bits per heavy atom. The van der Waals surface area contributed by atoms with Crippen molar-refractivity contribution in [1.29, 1.82) is 0 Å². The summed E-state index contributed by atoms with van der Waals surface area (Å²) in [5.74, 6) is 0.0516. The van der Waals surface area contributed by atoms with Crippen LogP contribution in [0.25, 0.3) is 10.9 Å². The van der Waals surface area contributed by atoms with Crippen LogP contribution in [0, 0.1) is 0 Å². The summed E-state index contributed by atoms with van der Waals surface area (Å²) < 4.78 is 0. The van der Waals surface area contributed by atoms with Gasteiger partial charge in [-0.3, -0.25) is 9.69 Å². The lowest BCUT2D eigenvalue weighted by Crippen LogP contribution is -2.30. The number of fused-ring (bicyclic) bond motifs is 1. The predicted octanol–water partition coefficient (Wildman–Crippen LogP) is 4.99. The first-order chi connectivity index (χ1) is 13.6. The maximum Gasteiger partial charge on any atom is 0.254 e. The van der Waals surface area contributed by atoms with Gasteiger partial charge in [-0.25, -0.2) is 0 Å². The van der Waals surface area contributed by atoms with Crippen LogP contribution in [0.15, 0.2) is 54.6 Å². The second-order valence-electron chi connectivity index (χ2n) is 7.94. The molecule has 4 rings (SSSR count). The van der Waals surface area contributed by atoms with Crippen LogP contribution in [0.1, 0.15) is 53.8 Å². The van der Waals surface area contributed by atoms with Gasteiger partial charge in [0.25, 0.3) is 5.91 Å². The number of carbonyl (C=O) groups is 1. The first kappa shape index (κ1) is 18.8. The van der Waals surface area contributed by atoms with Crippen molar-refractivity contribution in [2.45, 2.75) is 38.8 Å². The Balaban J connectivity index is 1.43. The van der Waals surface area contributed by atoms with Gasteiger partial charge in [0.1, 0.15) is 0 Å². The summed E-state index contributed by atoms with van der Waals surface area (Å²) in [5.41, 5.74) is 4.18. The van der Waals surface area contributed by atoms with Gasteiger partial charge < -0.3 is 9.88 Å². The van der Waals surface area contributed by atoms with Crippen LogP contribution in [0.3, 0.4) is 0 Å². The number of hydrogen-bond donors (Lipinski definition) is 1. The molecule has 3 aromatic rings. The molecule has 0 aliphatic carbocycles. The quantitative estimate of drug-likeness (QED) is 0.682. The molecule has 4 heteroatoms. The van der Waals surface area contributed by atoms with Crippen LogP contribution >= 0.6 is 0 Å². The molecule has 28 heavy (non-hydrogen) atoms. The maximum atomic E-state index is 13.0. The Hall–Kier alpha value is -2.59. The minimum absolute atomic E-state index is 0.0204. The third-order valence-corrected chi connectivity index (χ3v) is 5.96. The molecule has 1 saturated heterocycles. The van der Waals surface area contributed by atoms with Crippen molar-refractivity contribution in [3.63, 3.8) is 0 Å². The molecule has 2 aromatic carbocycles. The Bertz CT molecular complexity index is 905. The van der Waals surface area contributed by atoms with Crippen LogP contribution in [0.4, 0.5) is 0 Å². The van der Waals surface area contributed by atoms with Crippen LogP contribution in [-0.4, -0.2) is 40.8 Å². The number of carbonyl (C=O) groups excluding carboxylic acids is 1. The fourth-order valence-electron chi connectivity index (χ4n) is 4.04. The highest BCUT2D eigenvalue weighted by atomic mass is 16.2. The predicted molar refractivity (Wildman–Crippen MR) is 114 cm³/mol. The van der Waals surface area contributed by atoms with Gasteiger partial charge in [0.15, 0.2) is 0 Å². The van der Waals surface area contributed by atoms with E-state index in [1.54, 1.807) is 0 Å². The lowest BCUT2D eigenvalue weighted by atomic mass is 10.1. The molecule has 1 aromatic heterocycles. The molecule has 0 radical (unpaired) electrons. The molecule has 1 aliphatic rings. The molecule has 0 unspecified atom stereocenters. The zero-order valence-corrected chi connectivity index (χ0v) is 16.8. The highest BCUT2D eigenvalue weighted by molar-refractivity contribution is 5.94. The van der Waals surface area contributed by atoms with E-state index in [1.165, 1.54) is 43.3 Å². The number of rotatable bonds is 5. The molecular weight excluding hydrogens is 346 g/mol. The Morgan fingerprint density at radius 1 is 1.07 bits per heavy atom. The fourth-order valence-corrected chi connectivity index (χ4v) is 4.04. The van der Waals surface area contributed by atoms with E-state index < -0.39 is 0 Å². The number of benzene rings is 2. The molecule has 0 saturated carbocycles. The summed E-state index contributed by atoms with van der Waals surface area (Å²) in [6.45, 7) is 5.42. The average molecular weight is 376 g/mol. The molecule has 2 heterocycles. The third kappa shape index (κ3) is 3.97. The number of aromatic nitrogens is 1. The largest absolute Gasteiger partial charge is 0.357 e. The van der Waals surface area contributed by atoms with Crippen molar-refractivity contribution >= 4 is 16.8 Å². The number of H-pyrrole nitrogens is 1. The summed E-state index contributed by atoms with van der Waals surface area (Å²) in [5, 5.41) is 1.17. The molecule has 1 fully saturated rings. The van der Waals surface area contributed by atoms with Crippen molar-refractivity contribution in [2.24, 2.45) is 0 Å². The molecule has 0 spiro atoms. The fraction of sp³-hybridized carbons (Fsp3) is 0.375. The summed E-state index contributed by atoms with van der Waals surface area (Å²) in [6.07, 6.45) is 3.95. The highest BCUT2D eigenvalue weighted by Crippen LogP contribution is 2.24.